The first-order valence-corrected chi connectivity index (χ1v) is 9.40. The van der Waals surface area contributed by atoms with Gasteiger partial charge in [-0.1, -0.05) is 24.3 Å². The fraction of sp³-hybridized carbons (Fsp3) is 0.0833. The Bertz CT molecular complexity index is 1250. The Morgan fingerprint density at radius 2 is 1.72 bits per heavy atom. The topological polar surface area (TPSA) is 37.8 Å². The number of halogens is 2. The molecular weight excluding hydrogens is 368 g/mol. The third kappa shape index (κ3) is 3.30. The molecule has 0 fully saturated rings. The van der Waals surface area contributed by atoms with Crippen LogP contribution in [0, 0.1) is 11.6 Å². The van der Waals surface area contributed by atoms with E-state index in [0.717, 1.165) is 33.0 Å². The highest BCUT2D eigenvalue weighted by molar-refractivity contribution is 5.90. The predicted octanol–water partition coefficient (Wildman–Crippen LogP) is 5.11. The van der Waals surface area contributed by atoms with Gasteiger partial charge >= 0.3 is 0 Å². The van der Waals surface area contributed by atoms with E-state index in [9.17, 15) is 4.39 Å². The summed E-state index contributed by atoms with van der Waals surface area (Å²) in [6, 6.07) is 17.5. The molecule has 0 atom stereocenters. The largest absolute Gasteiger partial charge is 0.309 e. The van der Waals surface area contributed by atoms with Crippen molar-refractivity contribution in [1.29, 1.82) is 0 Å². The van der Waals surface area contributed by atoms with Gasteiger partial charge in [0, 0.05) is 24.8 Å². The van der Waals surface area contributed by atoms with Gasteiger partial charge in [-0.05, 0) is 75.5 Å². The molecule has 5 heteroatoms. The summed E-state index contributed by atoms with van der Waals surface area (Å²) in [7, 11) is 0. The standard InChI is InChI=1S/C24H17F2N3/c25-19-6-5-15-10-17(4-3-16(15)11-19)20-7-9-27-14-18-12-22(23(26)13-21(18)20)24-2-1-8-28-29-24/h1-8,10-13,27H,9,14H2. The van der Waals surface area contributed by atoms with Gasteiger partial charge < -0.3 is 5.32 Å². The Labute approximate surface area is 166 Å². The van der Waals surface area contributed by atoms with Crippen molar-refractivity contribution in [3.05, 3.63) is 101 Å². The Morgan fingerprint density at radius 1 is 0.862 bits per heavy atom. The second-order valence-electron chi connectivity index (χ2n) is 7.05. The van der Waals surface area contributed by atoms with E-state index >= 15 is 4.39 Å². The minimum Gasteiger partial charge on any atom is -0.309 e. The third-order valence-electron chi connectivity index (χ3n) is 5.21. The number of fused-ring (bicyclic) bond motifs is 2. The van der Waals surface area contributed by atoms with Crippen LogP contribution >= 0.6 is 0 Å². The number of nitrogens with zero attached hydrogens (tertiary/aromatic N) is 2. The minimum atomic E-state index is -0.333. The van der Waals surface area contributed by atoms with Crippen molar-refractivity contribution in [3.63, 3.8) is 0 Å². The Hall–Kier alpha value is -3.44. The summed E-state index contributed by atoms with van der Waals surface area (Å²) in [6.07, 6.45) is 3.64. The molecule has 0 radical (unpaired) electrons. The van der Waals surface area contributed by atoms with Gasteiger partial charge in [-0.25, -0.2) is 8.78 Å². The molecule has 0 saturated heterocycles. The number of aromatic nitrogens is 2. The molecule has 0 aliphatic carbocycles. The van der Waals surface area contributed by atoms with Crippen molar-refractivity contribution in [2.45, 2.75) is 6.54 Å². The van der Waals surface area contributed by atoms with E-state index < -0.39 is 0 Å². The second-order valence-corrected chi connectivity index (χ2v) is 7.05. The van der Waals surface area contributed by atoms with Gasteiger partial charge in [-0.15, -0.1) is 0 Å². The first-order valence-electron chi connectivity index (χ1n) is 9.40. The van der Waals surface area contributed by atoms with Crippen LogP contribution in [0.25, 0.3) is 27.6 Å². The van der Waals surface area contributed by atoms with E-state index in [1.165, 1.54) is 12.1 Å². The van der Waals surface area contributed by atoms with Crippen LogP contribution in [-0.4, -0.2) is 16.7 Å². The molecule has 0 bridgehead atoms. The summed E-state index contributed by atoms with van der Waals surface area (Å²) >= 11 is 0. The lowest BCUT2D eigenvalue weighted by Crippen LogP contribution is -2.11. The summed E-state index contributed by atoms with van der Waals surface area (Å²) in [4.78, 5) is 0. The van der Waals surface area contributed by atoms with Crippen molar-refractivity contribution < 1.29 is 8.78 Å². The van der Waals surface area contributed by atoms with Crippen LogP contribution in [0.3, 0.4) is 0 Å². The molecule has 4 aromatic rings. The normalized spacial score (nSPS) is 13.7. The fourth-order valence-electron chi connectivity index (χ4n) is 3.81. The maximum atomic E-state index is 15.0. The van der Waals surface area contributed by atoms with E-state index in [2.05, 4.69) is 21.6 Å². The molecule has 3 nitrogen and oxygen atoms in total. The van der Waals surface area contributed by atoms with Gasteiger partial charge in [0.05, 0.1) is 5.69 Å². The molecule has 0 amide bonds. The van der Waals surface area contributed by atoms with E-state index in [4.69, 9.17) is 0 Å². The fourth-order valence-corrected chi connectivity index (χ4v) is 3.81. The van der Waals surface area contributed by atoms with Crippen LogP contribution in [0.1, 0.15) is 16.7 Å². The molecule has 1 aromatic heterocycles. The van der Waals surface area contributed by atoms with Gasteiger partial charge in [-0.2, -0.15) is 10.2 Å². The van der Waals surface area contributed by atoms with Crippen LogP contribution in [0.5, 0.6) is 0 Å². The molecule has 5 rings (SSSR count). The molecule has 142 valence electrons. The molecule has 0 spiro atoms. The van der Waals surface area contributed by atoms with Crippen LogP contribution in [0.4, 0.5) is 8.78 Å². The van der Waals surface area contributed by atoms with Crippen LogP contribution in [0.2, 0.25) is 0 Å². The maximum Gasteiger partial charge on any atom is 0.133 e. The summed E-state index contributed by atoms with van der Waals surface area (Å²) in [5.74, 6) is -0.591. The third-order valence-corrected chi connectivity index (χ3v) is 5.21. The second kappa shape index (κ2) is 7.18. The van der Waals surface area contributed by atoms with Crippen molar-refractivity contribution >= 4 is 16.3 Å². The molecular formula is C24H17F2N3. The molecule has 0 unspecified atom stereocenters. The number of rotatable bonds is 2. The number of hydrogen-bond donors (Lipinski definition) is 1. The highest BCUT2D eigenvalue weighted by atomic mass is 19.1. The lowest BCUT2D eigenvalue weighted by molar-refractivity contribution is 0.628. The molecule has 2 heterocycles. The Kier molecular flexibility index (Phi) is 4.37. The first-order chi connectivity index (χ1) is 14.2. The SMILES string of the molecule is Fc1ccc2cc(C3=CCNCc4cc(-c5cccnn5)c(F)cc43)ccc2c1. The quantitative estimate of drug-likeness (QED) is 0.521. The minimum absolute atomic E-state index is 0.257. The van der Waals surface area contributed by atoms with Crippen molar-refractivity contribution in [1.82, 2.24) is 15.5 Å². The molecule has 1 aliphatic rings. The zero-order valence-electron chi connectivity index (χ0n) is 15.5. The Balaban J connectivity index is 1.64. The maximum absolute atomic E-state index is 15.0. The van der Waals surface area contributed by atoms with Crippen molar-refractivity contribution in [3.8, 4) is 11.3 Å². The van der Waals surface area contributed by atoms with Crippen LogP contribution in [-0.2, 0) is 6.54 Å². The first kappa shape index (κ1) is 17.6. The average molecular weight is 385 g/mol. The van der Waals surface area contributed by atoms with Gasteiger partial charge in [0.2, 0.25) is 0 Å². The predicted molar refractivity (Wildman–Crippen MR) is 110 cm³/mol. The monoisotopic (exact) mass is 385 g/mol. The zero-order chi connectivity index (χ0) is 19.8. The lowest BCUT2D eigenvalue weighted by atomic mass is 9.91. The van der Waals surface area contributed by atoms with Crippen molar-refractivity contribution in [2.24, 2.45) is 0 Å². The summed E-state index contributed by atoms with van der Waals surface area (Å²) < 4.78 is 28.5. The molecule has 29 heavy (non-hydrogen) atoms. The number of benzene rings is 3. The van der Waals surface area contributed by atoms with E-state index in [-0.39, 0.29) is 11.6 Å². The number of hydrogen-bond acceptors (Lipinski definition) is 3. The lowest BCUT2D eigenvalue weighted by Gasteiger charge is -2.14. The number of nitrogens with one attached hydrogen (secondary N) is 1. The Morgan fingerprint density at radius 3 is 2.59 bits per heavy atom. The van der Waals surface area contributed by atoms with E-state index in [0.29, 0.717) is 24.3 Å². The van der Waals surface area contributed by atoms with Crippen molar-refractivity contribution in [2.75, 3.05) is 6.54 Å². The van der Waals surface area contributed by atoms with E-state index in [1.807, 2.05) is 24.3 Å². The van der Waals surface area contributed by atoms with Gasteiger partial charge in [-0.3, -0.25) is 0 Å². The zero-order valence-corrected chi connectivity index (χ0v) is 15.5. The molecule has 1 N–H and O–H groups in total. The van der Waals surface area contributed by atoms with Crippen LogP contribution < -0.4 is 5.32 Å². The highest BCUT2D eigenvalue weighted by Gasteiger charge is 2.18. The smallest absolute Gasteiger partial charge is 0.133 e. The van der Waals surface area contributed by atoms with Gasteiger partial charge in [0.15, 0.2) is 0 Å². The molecule has 3 aromatic carbocycles. The highest BCUT2D eigenvalue weighted by Crippen LogP contribution is 2.34. The summed E-state index contributed by atoms with van der Waals surface area (Å²) in [5, 5.41) is 13.0. The summed E-state index contributed by atoms with van der Waals surface area (Å²) in [5.41, 5.74) is 4.72. The molecule has 0 saturated carbocycles. The van der Waals surface area contributed by atoms with Gasteiger partial charge in [0.1, 0.15) is 11.6 Å². The summed E-state index contributed by atoms with van der Waals surface area (Å²) in [6.45, 7) is 1.30. The average Bonchev–Trinajstić information content (AvgIpc) is 2.95. The van der Waals surface area contributed by atoms with Crippen LogP contribution in [0.15, 0.2) is 72.9 Å². The van der Waals surface area contributed by atoms with Gasteiger partial charge in [0.25, 0.3) is 0 Å². The molecule has 1 aliphatic heterocycles. The van der Waals surface area contributed by atoms with E-state index in [1.54, 1.807) is 30.5 Å².